The molecule has 3 heterocycles. The Hall–Kier alpha value is -1.14. The summed E-state index contributed by atoms with van der Waals surface area (Å²) in [4.78, 5) is 32.0. The molecule has 152 valence electrons. The summed E-state index contributed by atoms with van der Waals surface area (Å²) < 4.78 is 0. The Balaban J connectivity index is 1.34. The Morgan fingerprint density at radius 3 is 2.56 bits per heavy atom. The fourth-order valence-electron chi connectivity index (χ4n) is 5.41. The molecule has 1 saturated carbocycles. The number of nitrogens with zero attached hydrogens (tertiary/aromatic N) is 3. The summed E-state index contributed by atoms with van der Waals surface area (Å²) >= 11 is 0. The average molecular weight is 378 g/mol. The van der Waals surface area contributed by atoms with Crippen molar-refractivity contribution < 1.29 is 14.7 Å². The van der Waals surface area contributed by atoms with Gasteiger partial charge in [0.1, 0.15) is 0 Å². The Kier molecular flexibility index (Phi) is 5.74. The summed E-state index contributed by atoms with van der Waals surface area (Å²) in [5, 5.41) is 9.09. The maximum Gasteiger partial charge on any atom is 0.225 e. The molecule has 0 aromatic rings. The smallest absolute Gasteiger partial charge is 0.225 e. The second kappa shape index (κ2) is 8.08. The van der Waals surface area contributed by atoms with Crippen LogP contribution in [0.4, 0.5) is 0 Å². The van der Waals surface area contributed by atoms with Gasteiger partial charge in [0.2, 0.25) is 11.8 Å². The number of hydrogen-bond donors (Lipinski definition) is 1. The van der Waals surface area contributed by atoms with Crippen molar-refractivity contribution in [2.75, 3.05) is 52.4 Å². The van der Waals surface area contributed by atoms with Gasteiger partial charge in [0.15, 0.2) is 0 Å². The zero-order valence-electron chi connectivity index (χ0n) is 16.6. The van der Waals surface area contributed by atoms with E-state index in [0.717, 1.165) is 83.8 Å². The van der Waals surface area contributed by atoms with Gasteiger partial charge in [0, 0.05) is 50.5 Å². The van der Waals surface area contributed by atoms with Crippen molar-refractivity contribution >= 4 is 11.8 Å². The highest BCUT2D eigenvalue weighted by molar-refractivity contribution is 5.79. The maximum absolute atomic E-state index is 13.2. The molecule has 3 saturated heterocycles. The van der Waals surface area contributed by atoms with Crippen LogP contribution < -0.4 is 0 Å². The molecule has 1 atom stereocenters. The molecule has 4 fully saturated rings. The third-order valence-electron chi connectivity index (χ3n) is 7.25. The molecule has 0 aromatic heterocycles. The topological polar surface area (TPSA) is 64.1 Å². The van der Waals surface area contributed by atoms with Crippen LogP contribution in [0.2, 0.25) is 0 Å². The SMILES string of the molecule is O=C1CCC2(CCCN(C(=O)C3CCN(CCO)CC3)C2)CN1CC1CC1. The van der Waals surface area contributed by atoms with Crippen molar-refractivity contribution in [1.82, 2.24) is 14.7 Å². The van der Waals surface area contributed by atoms with Crippen LogP contribution in [0.25, 0.3) is 0 Å². The van der Waals surface area contributed by atoms with E-state index in [1.807, 2.05) is 0 Å². The number of hydrogen-bond acceptors (Lipinski definition) is 4. The van der Waals surface area contributed by atoms with E-state index in [9.17, 15) is 9.59 Å². The maximum atomic E-state index is 13.2. The van der Waals surface area contributed by atoms with Crippen molar-refractivity contribution in [1.29, 1.82) is 0 Å². The fraction of sp³-hybridized carbons (Fsp3) is 0.905. The second-order valence-electron chi connectivity index (χ2n) is 9.42. The van der Waals surface area contributed by atoms with E-state index in [1.54, 1.807) is 0 Å². The predicted octanol–water partition coefficient (Wildman–Crippen LogP) is 1.33. The summed E-state index contributed by atoms with van der Waals surface area (Å²) in [5.41, 5.74) is 0.133. The van der Waals surface area contributed by atoms with Crippen molar-refractivity contribution in [2.45, 2.75) is 51.4 Å². The van der Waals surface area contributed by atoms with Gasteiger partial charge < -0.3 is 19.8 Å². The molecule has 1 unspecified atom stereocenters. The number of aliphatic hydroxyl groups excluding tert-OH is 1. The quantitative estimate of drug-likeness (QED) is 0.785. The zero-order chi connectivity index (χ0) is 18.9. The number of likely N-dealkylation sites (tertiary alicyclic amines) is 3. The minimum Gasteiger partial charge on any atom is -0.395 e. The van der Waals surface area contributed by atoms with E-state index in [2.05, 4.69) is 14.7 Å². The van der Waals surface area contributed by atoms with Crippen LogP contribution in [-0.4, -0.2) is 84.0 Å². The zero-order valence-corrected chi connectivity index (χ0v) is 16.6. The van der Waals surface area contributed by atoms with E-state index >= 15 is 0 Å². The van der Waals surface area contributed by atoms with Crippen LogP contribution in [0, 0.1) is 17.3 Å². The highest BCUT2D eigenvalue weighted by atomic mass is 16.3. The second-order valence-corrected chi connectivity index (χ2v) is 9.42. The molecule has 1 aliphatic carbocycles. The van der Waals surface area contributed by atoms with Gasteiger partial charge in [-0.05, 0) is 64.0 Å². The number of rotatable bonds is 5. The van der Waals surface area contributed by atoms with Crippen LogP contribution in [0.15, 0.2) is 0 Å². The molecule has 1 spiro atoms. The summed E-state index contributed by atoms with van der Waals surface area (Å²) in [6.45, 7) is 6.28. The Bertz CT molecular complexity index is 557. The van der Waals surface area contributed by atoms with Crippen molar-refractivity contribution in [3.63, 3.8) is 0 Å². The first-order valence-electron chi connectivity index (χ1n) is 11.0. The standard InChI is InChI=1S/C21H35N3O3/c25-13-12-22-10-5-18(6-11-22)20(27)23-9-1-7-21(15-23)8-4-19(26)24(16-21)14-17-2-3-17/h17-18,25H,1-16H2. The highest BCUT2D eigenvalue weighted by Crippen LogP contribution is 2.41. The summed E-state index contributed by atoms with van der Waals surface area (Å²) in [6, 6.07) is 0. The fourth-order valence-corrected chi connectivity index (χ4v) is 5.41. The van der Waals surface area contributed by atoms with Gasteiger partial charge in [-0.15, -0.1) is 0 Å². The average Bonchev–Trinajstić information content (AvgIpc) is 3.50. The lowest BCUT2D eigenvalue weighted by Crippen LogP contribution is -2.56. The molecule has 6 heteroatoms. The van der Waals surface area contributed by atoms with Crippen molar-refractivity contribution in [3.05, 3.63) is 0 Å². The van der Waals surface area contributed by atoms with Crippen LogP contribution in [0.5, 0.6) is 0 Å². The number of carbonyl (C=O) groups excluding carboxylic acids is 2. The number of piperidine rings is 3. The van der Waals surface area contributed by atoms with Gasteiger partial charge >= 0.3 is 0 Å². The number of β-amino-alcohol motifs (C(OH)–C–C–N with tert-alkyl or cyclic N) is 1. The molecule has 3 aliphatic heterocycles. The normalized spacial score (nSPS) is 30.9. The van der Waals surface area contributed by atoms with Gasteiger partial charge in [0.05, 0.1) is 6.61 Å². The van der Waals surface area contributed by atoms with Crippen LogP contribution >= 0.6 is 0 Å². The first kappa shape index (κ1) is 19.2. The van der Waals surface area contributed by atoms with E-state index in [-0.39, 0.29) is 17.9 Å². The van der Waals surface area contributed by atoms with Gasteiger partial charge in [-0.25, -0.2) is 0 Å². The van der Waals surface area contributed by atoms with Crippen molar-refractivity contribution in [3.8, 4) is 0 Å². The molecule has 2 amide bonds. The van der Waals surface area contributed by atoms with Gasteiger partial charge in [-0.2, -0.15) is 0 Å². The Morgan fingerprint density at radius 1 is 1.07 bits per heavy atom. The lowest BCUT2D eigenvalue weighted by atomic mass is 9.73. The van der Waals surface area contributed by atoms with Gasteiger partial charge in [-0.1, -0.05) is 0 Å². The molecule has 1 N–H and O–H groups in total. The van der Waals surface area contributed by atoms with Crippen LogP contribution in [0.3, 0.4) is 0 Å². The molecule has 4 rings (SSSR count). The molecule has 6 nitrogen and oxygen atoms in total. The minimum absolute atomic E-state index is 0.133. The van der Waals surface area contributed by atoms with E-state index < -0.39 is 0 Å². The highest BCUT2D eigenvalue weighted by Gasteiger charge is 2.44. The van der Waals surface area contributed by atoms with Crippen LogP contribution in [0.1, 0.15) is 51.4 Å². The lowest BCUT2D eigenvalue weighted by molar-refractivity contribution is -0.146. The van der Waals surface area contributed by atoms with Crippen molar-refractivity contribution in [2.24, 2.45) is 17.3 Å². The van der Waals surface area contributed by atoms with E-state index in [4.69, 9.17) is 5.11 Å². The number of amides is 2. The largest absolute Gasteiger partial charge is 0.395 e. The Labute approximate surface area is 162 Å². The summed E-state index contributed by atoms with van der Waals surface area (Å²) in [5.74, 6) is 1.54. The molecular formula is C21H35N3O3. The third-order valence-corrected chi connectivity index (χ3v) is 7.25. The van der Waals surface area contributed by atoms with Crippen LogP contribution in [-0.2, 0) is 9.59 Å². The van der Waals surface area contributed by atoms with E-state index in [0.29, 0.717) is 18.2 Å². The molecule has 27 heavy (non-hydrogen) atoms. The molecule has 0 radical (unpaired) electrons. The third kappa shape index (κ3) is 4.48. The predicted molar refractivity (Wildman–Crippen MR) is 103 cm³/mol. The Morgan fingerprint density at radius 2 is 1.85 bits per heavy atom. The summed E-state index contributed by atoms with van der Waals surface area (Å²) in [7, 11) is 0. The monoisotopic (exact) mass is 377 g/mol. The molecule has 0 bridgehead atoms. The summed E-state index contributed by atoms with van der Waals surface area (Å²) in [6.07, 6.45) is 8.21. The minimum atomic E-state index is 0.133. The lowest BCUT2D eigenvalue weighted by Gasteiger charge is -2.49. The number of carbonyl (C=O) groups is 2. The number of aliphatic hydroxyl groups is 1. The first-order chi connectivity index (χ1) is 13.1. The molecule has 0 aromatic carbocycles. The van der Waals surface area contributed by atoms with Gasteiger partial charge in [0.25, 0.3) is 0 Å². The molecular weight excluding hydrogens is 342 g/mol. The molecule has 4 aliphatic rings. The van der Waals surface area contributed by atoms with E-state index in [1.165, 1.54) is 12.8 Å². The first-order valence-corrected chi connectivity index (χ1v) is 11.0. The van der Waals surface area contributed by atoms with Gasteiger partial charge in [-0.3, -0.25) is 9.59 Å².